The molecule has 3 heterocycles. The highest BCUT2D eigenvalue weighted by Crippen LogP contribution is 2.38. The summed E-state index contributed by atoms with van der Waals surface area (Å²) in [7, 11) is 1.50. The summed E-state index contributed by atoms with van der Waals surface area (Å²) in [5, 5.41) is 16.2. The van der Waals surface area contributed by atoms with Gasteiger partial charge in [0.25, 0.3) is 5.91 Å². The Morgan fingerprint density at radius 2 is 1.97 bits per heavy atom. The van der Waals surface area contributed by atoms with Gasteiger partial charge in [-0.15, -0.1) is 0 Å². The van der Waals surface area contributed by atoms with Gasteiger partial charge in [0.05, 0.1) is 17.7 Å². The van der Waals surface area contributed by atoms with E-state index in [1.165, 1.54) is 30.0 Å². The van der Waals surface area contributed by atoms with Crippen molar-refractivity contribution in [3.05, 3.63) is 93.2 Å². The summed E-state index contributed by atoms with van der Waals surface area (Å²) >= 11 is 13.7. The van der Waals surface area contributed by atoms with Crippen LogP contribution in [0.2, 0.25) is 10.0 Å². The third kappa shape index (κ3) is 4.86. The average molecular weight is 538 g/mol. The number of methoxy groups -OCH3 is 1. The van der Waals surface area contributed by atoms with Crippen LogP contribution in [0.15, 0.2) is 76.6 Å². The smallest absolute Gasteiger partial charge is 0.283 e. The summed E-state index contributed by atoms with van der Waals surface area (Å²) in [6, 6.07) is 14.2. The SMILES string of the molecule is COc1cc(/C=C2/C(=N)N3N=C(c4cccnc4)SC3=NC2=O)cc(Cl)c1OCc1ccc(Cl)cc1. The Kier molecular flexibility index (Phi) is 6.77. The predicted molar refractivity (Wildman–Crippen MR) is 142 cm³/mol. The van der Waals surface area contributed by atoms with E-state index >= 15 is 0 Å². The molecule has 0 unspecified atom stereocenters. The van der Waals surface area contributed by atoms with Gasteiger partial charge in [-0.2, -0.15) is 15.1 Å². The molecule has 0 atom stereocenters. The number of carbonyl (C=O) groups excluding carboxylic acids is 1. The highest BCUT2D eigenvalue weighted by Gasteiger charge is 2.36. The van der Waals surface area contributed by atoms with E-state index in [0.29, 0.717) is 37.3 Å². The largest absolute Gasteiger partial charge is 0.493 e. The second-order valence-corrected chi connectivity index (χ2v) is 9.42. The second kappa shape index (κ2) is 10.1. The molecule has 2 aliphatic rings. The van der Waals surface area contributed by atoms with Gasteiger partial charge >= 0.3 is 0 Å². The highest BCUT2D eigenvalue weighted by atomic mass is 35.5. The maximum Gasteiger partial charge on any atom is 0.283 e. The van der Waals surface area contributed by atoms with Crippen LogP contribution in [-0.4, -0.2) is 39.1 Å². The van der Waals surface area contributed by atoms with Crippen molar-refractivity contribution in [3.8, 4) is 11.5 Å². The first-order chi connectivity index (χ1) is 17.4. The number of hydrogen-bond donors (Lipinski definition) is 1. The minimum atomic E-state index is -0.542. The number of fused-ring (bicyclic) bond motifs is 1. The van der Waals surface area contributed by atoms with E-state index in [9.17, 15) is 4.79 Å². The number of pyridine rings is 1. The van der Waals surface area contributed by atoms with E-state index < -0.39 is 5.91 Å². The second-order valence-electron chi connectivity index (χ2n) is 7.62. The van der Waals surface area contributed by atoms with Gasteiger partial charge in [-0.1, -0.05) is 35.3 Å². The fourth-order valence-electron chi connectivity index (χ4n) is 3.46. The van der Waals surface area contributed by atoms with Crippen molar-refractivity contribution in [1.29, 1.82) is 5.41 Å². The first-order valence-corrected chi connectivity index (χ1v) is 12.2. The van der Waals surface area contributed by atoms with Crippen LogP contribution in [0.5, 0.6) is 11.5 Å². The monoisotopic (exact) mass is 537 g/mol. The maximum absolute atomic E-state index is 12.8. The third-order valence-corrected chi connectivity index (χ3v) is 6.71. The number of thioether (sulfide) groups is 1. The molecule has 0 bridgehead atoms. The zero-order chi connectivity index (χ0) is 25.2. The Morgan fingerprint density at radius 1 is 1.17 bits per heavy atom. The van der Waals surface area contributed by atoms with Crippen molar-refractivity contribution < 1.29 is 14.3 Å². The number of hydrazone groups is 1. The summed E-state index contributed by atoms with van der Waals surface area (Å²) in [4.78, 5) is 21.0. The van der Waals surface area contributed by atoms with Gasteiger partial charge in [-0.05, 0) is 65.4 Å². The van der Waals surface area contributed by atoms with Crippen molar-refractivity contribution in [3.63, 3.8) is 0 Å². The molecule has 8 nitrogen and oxygen atoms in total. The third-order valence-electron chi connectivity index (χ3n) is 5.22. The minimum Gasteiger partial charge on any atom is -0.493 e. The topological polar surface area (TPSA) is 100 Å². The number of halogens is 2. The quantitative estimate of drug-likeness (QED) is 0.408. The lowest BCUT2D eigenvalue weighted by Gasteiger charge is -2.20. The number of ether oxygens (including phenoxy) is 2. The van der Waals surface area contributed by atoms with Crippen LogP contribution in [0.25, 0.3) is 6.08 Å². The van der Waals surface area contributed by atoms with Crippen LogP contribution in [0.1, 0.15) is 16.7 Å². The summed E-state index contributed by atoms with van der Waals surface area (Å²) in [5.41, 5.74) is 2.30. The minimum absolute atomic E-state index is 0.0727. The van der Waals surface area contributed by atoms with Crippen molar-refractivity contribution >= 4 is 63.0 Å². The molecular formula is C25H17Cl2N5O3S. The zero-order valence-corrected chi connectivity index (χ0v) is 21.1. The number of hydrogen-bond acceptors (Lipinski definition) is 7. The van der Waals surface area contributed by atoms with Gasteiger partial charge in [-0.25, -0.2) is 0 Å². The standard InChI is InChI=1S/C25H17Cl2N5O3S/c1-34-20-11-15(10-19(27)21(20)35-13-14-4-6-17(26)7-5-14)9-18-22(28)32-25(30-23(18)33)36-24(31-32)16-3-2-8-29-12-16/h2-12,28H,13H2,1H3/b18-9-,28-22?. The zero-order valence-electron chi connectivity index (χ0n) is 18.7. The van der Waals surface area contributed by atoms with E-state index in [1.807, 2.05) is 18.2 Å². The van der Waals surface area contributed by atoms with Crippen LogP contribution in [0, 0.1) is 5.41 Å². The number of amidine groups is 2. The number of carbonyl (C=O) groups is 1. The molecular weight excluding hydrogens is 521 g/mol. The molecule has 0 saturated heterocycles. The predicted octanol–water partition coefficient (Wildman–Crippen LogP) is 5.64. The molecule has 0 spiro atoms. The number of amides is 1. The Labute approximate surface area is 220 Å². The van der Waals surface area contributed by atoms with Crippen LogP contribution < -0.4 is 9.47 Å². The molecule has 36 heavy (non-hydrogen) atoms. The van der Waals surface area contributed by atoms with Gasteiger partial charge < -0.3 is 9.47 Å². The maximum atomic E-state index is 12.8. The lowest BCUT2D eigenvalue weighted by Crippen LogP contribution is -2.35. The Hall–Kier alpha value is -3.66. The first-order valence-electron chi connectivity index (χ1n) is 10.6. The molecule has 1 amide bonds. The average Bonchev–Trinajstić information content (AvgIpc) is 3.31. The van der Waals surface area contributed by atoms with Crippen molar-refractivity contribution in [1.82, 2.24) is 9.99 Å². The molecule has 0 radical (unpaired) electrons. The number of nitrogens with one attached hydrogen (secondary N) is 1. The highest BCUT2D eigenvalue weighted by molar-refractivity contribution is 8.27. The Bertz CT molecular complexity index is 1460. The van der Waals surface area contributed by atoms with Gasteiger partial charge in [-0.3, -0.25) is 15.2 Å². The van der Waals surface area contributed by atoms with Crippen LogP contribution in [0.3, 0.4) is 0 Å². The fraction of sp³-hybridized carbons (Fsp3) is 0.0800. The number of aliphatic imine (C=N–C) groups is 1. The summed E-state index contributed by atoms with van der Waals surface area (Å²) < 4.78 is 11.4. The fourth-order valence-corrected chi connectivity index (χ4v) is 4.74. The molecule has 3 aromatic rings. The molecule has 11 heteroatoms. The molecule has 0 aliphatic carbocycles. The Balaban J connectivity index is 1.41. The van der Waals surface area contributed by atoms with Crippen LogP contribution >= 0.6 is 35.0 Å². The van der Waals surface area contributed by atoms with Gasteiger partial charge in [0.15, 0.2) is 17.3 Å². The first kappa shape index (κ1) is 24.1. The number of aromatic nitrogens is 1. The number of nitrogens with zero attached hydrogens (tertiary/aromatic N) is 4. The van der Waals surface area contributed by atoms with E-state index in [4.69, 9.17) is 38.1 Å². The molecule has 5 rings (SSSR count). The van der Waals surface area contributed by atoms with E-state index in [2.05, 4.69) is 15.1 Å². The lowest BCUT2D eigenvalue weighted by molar-refractivity contribution is -0.114. The normalized spacial score (nSPS) is 16.1. The molecule has 0 fully saturated rings. The van der Waals surface area contributed by atoms with Gasteiger partial charge in [0.2, 0.25) is 5.17 Å². The van der Waals surface area contributed by atoms with E-state index in [1.54, 1.807) is 42.7 Å². The molecule has 0 saturated carbocycles. The van der Waals surface area contributed by atoms with Crippen molar-refractivity contribution in [2.75, 3.05) is 7.11 Å². The number of rotatable bonds is 6. The summed E-state index contributed by atoms with van der Waals surface area (Å²) in [5.74, 6) is 0.119. The molecule has 1 N–H and O–H groups in total. The van der Waals surface area contributed by atoms with Crippen molar-refractivity contribution in [2.45, 2.75) is 6.61 Å². The molecule has 2 aromatic carbocycles. The van der Waals surface area contributed by atoms with E-state index in [0.717, 1.165) is 11.1 Å². The lowest BCUT2D eigenvalue weighted by atomic mass is 10.1. The van der Waals surface area contributed by atoms with Crippen LogP contribution in [0.4, 0.5) is 0 Å². The summed E-state index contributed by atoms with van der Waals surface area (Å²) in [6.45, 7) is 0.262. The molecule has 180 valence electrons. The molecule has 1 aromatic heterocycles. The van der Waals surface area contributed by atoms with Gasteiger partial charge in [0.1, 0.15) is 11.7 Å². The van der Waals surface area contributed by atoms with Crippen molar-refractivity contribution in [2.24, 2.45) is 10.1 Å². The Morgan fingerprint density at radius 3 is 2.69 bits per heavy atom. The van der Waals surface area contributed by atoms with Crippen LogP contribution in [-0.2, 0) is 11.4 Å². The number of benzene rings is 2. The van der Waals surface area contributed by atoms with Gasteiger partial charge in [0, 0.05) is 23.0 Å². The van der Waals surface area contributed by atoms with E-state index in [-0.39, 0.29) is 18.0 Å². The molecule has 2 aliphatic heterocycles. The summed E-state index contributed by atoms with van der Waals surface area (Å²) in [6.07, 6.45) is 4.86.